The van der Waals surface area contributed by atoms with Gasteiger partial charge in [0.2, 0.25) is 0 Å². The quantitative estimate of drug-likeness (QED) is 0.921. The lowest BCUT2D eigenvalue weighted by atomic mass is 10.0. The molecule has 0 unspecified atom stereocenters. The van der Waals surface area contributed by atoms with Gasteiger partial charge in [0.05, 0.1) is 17.0 Å². The number of nitrogens with zero attached hydrogens (tertiary/aromatic N) is 2. The highest BCUT2D eigenvalue weighted by atomic mass is 19.4. The fraction of sp³-hybridized carbons (Fsp3) is 0.231. The van der Waals surface area contributed by atoms with E-state index in [0.29, 0.717) is 0 Å². The summed E-state index contributed by atoms with van der Waals surface area (Å²) in [4.78, 5) is 11.2. The van der Waals surface area contributed by atoms with E-state index in [2.05, 4.69) is 5.10 Å². The third-order valence-electron chi connectivity index (χ3n) is 2.90. The molecule has 7 heteroatoms. The third-order valence-corrected chi connectivity index (χ3v) is 2.90. The molecule has 0 spiro atoms. The van der Waals surface area contributed by atoms with Gasteiger partial charge in [-0.2, -0.15) is 18.3 Å². The molecule has 0 saturated carbocycles. The average molecular weight is 284 g/mol. The summed E-state index contributed by atoms with van der Waals surface area (Å²) < 4.78 is 39.4. The Morgan fingerprint density at radius 3 is 2.55 bits per heavy atom. The molecule has 1 aromatic heterocycles. The number of carboxylic acid groups (broad SMARTS) is 1. The molecule has 0 radical (unpaired) electrons. The van der Waals surface area contributed by atoms with Gasteiger partial charge in [0, 0.05) is 12.6 Å². The number of aromatic carboxylic acids is 1. The first-order chi connectivity index (χ1) is 9.21. The molecule has 0 aliphatic rings. The van der Waals surface area contributed by atoms with Crippen molar-refractivity contribution in [2.75, 3.05) is 0 Å². The Balaban J connectivity index is 2.66. The van der Waals surface area contributed by atoms with E-state index in [0.717, 1.165) is 12.1 Å². The highest BCUT2D eigenvalue weighted by Gasteiger charge is 2.31. The molecule has 2 rings (SSSR count). The molecular weight excluding hydrogens is 273 g/mol. The molecule has 0 bridgehead atoms. The number of aryl methyl sites for hydroxylation is 2. The molecule has 0 saturated heterocycles. The molecule has 1 heterocycles. The van der Waals surface area contributed by atoms with Gasteiger partial charge >= 0.3 is 12.1 Å². The van der Waals surface area contributed by atoms with E-state index in [1.54, 1.807) is 0 Å². The minimum absolute atomic E-state index is 0.0909. The van der Waals surface area contributed by atoms with Crippen molar-refractivity contribution in [3.63, 3.8) is 0 Å². The van der Waals surface area contributed by atoms with Crippen LogP contribution in [0.25, 0.3) is 11.3 Å². The first-order valence-electron chi connectivity index (χ1n) is 5.66. The largest absolute Gasteiger partial charge is 0.478 e. The molecule has 106 valence electrons. The molecule has 0 fully saturated rings. The second-order valence-corrected chi connectivity index (χ2v) is 4.32. The van der Waals surface area contributed by atoms with Crippen LogP contribution in [0.15, 0.2) is 24.3 Å². The summed E-state index contributed by atoms with van der Waals surface area (Å²) in [6.45, 7) is 1.50. The Kier molecular flexibility index (Phi) is 3.29. The Labute approximate surface area is 112 Å². The standard InChI is InChI=1S/C13H11F3N2O2/c1-7-10(12(19)20)11(18(2)17-7)8-4-3-5-9(6-8)13(14,15)16/h3-6H,1-2H3,(H,19,20). The van der Waals surface area contributed by atoms with Crippen molar-refractivity contribution in [3.05, 3.63) is 41.1 Å². The van der Waals surface area contributed by atoms with E-state index in [1.165, 1.54) is 30.8 Å². The highest BCUT2D eigenvalue weighted by Crippen LogP contribution is 2.33. The first kappa shape index (κ1) is 14.1. The van der Waals surface area contributed by atoms with Gasteiger partial charge in [0.25, 0.3) is 0 Å². The smallest absolute Gasteiger partial charge is 0.416 e. The molecular formula is C13H11F3N2O2. The van der Waals surface area contributed by atoms with Crippen LogP contribution in [0.3, 0.4) is 0 Å². The normalized spacial score (nSPS) is 11.7. The van der Waals surface area contributed by atoms with Crippen molar-refractivity contribution < 1.29 is 23.1 Å². The topological polar surface area (TPSA) is 55.1 Å². The van der Waals surface area contributed by atoms with E-state index in [1.807, 2.05) is 0 Å². The number of hydrogen-bond donors (Lipinski definition) is 1. The second kappa shape index (κ2) is 4.66. The molecule has 0 aliphatic heterocycles. The molecule has 2 aromatic rings. The predicted octanol–water partition coefficient (Wildman–Crippen LogP) is 3.11. The van der Waals surface area contributed by atoms with Gasteiger partial charge < -0.3 is 5.11 Å². The maximum absolute atomic E-state index is 12.7. The van der Waals surface area contributed by atoms with Gasteiger partial charge in [-0.25, -0.2) is 4.79 Å². The van der Waals surface area contributed by atoms with Gasteiger partial charge in [0.1, 0.15) is 5.56 Å². The van der Waals surface area contributed by atoms with Gasteiger partial charge in [-0.1, -0.05) is 12.1 Å². The fourth-order valence-corrected chi connectivity index (χ4v) is 2.09. The second-order valence-electron chi connectivity index (χ2n) is 4.32. The monoisotopic (exact) mass is 284 g/mol. The number of halogens is 3. The van der Waals surface area contributed by atoms with Crippen LogP contribution in [-0.4, -0.2) is 20.9 Å². The van der Waals surface area contributed by atoms with Gasteiger partial charge in [-0.3, -0.25) is 4.68 Å². The van der Waals surface area contributed by atoms with E-state index in [-0.39, 0.29) is 22.5 Å². The summed E-state index contributed by atoms with van der Waals surface area (Å²) in [6.07, 6.45) is -4.48. The molecule has 20 heavy (non-hydrogen) atoms. The first-order valence-corrected chi connectivity index (χ1v) is 5.66. The molecule has 0 aliphatic carbocycles. The van der Waals surface area contributed by atoms with Crippen molar-refractivity contribution in [2.24, 2.45) is 7.05 Å². The zero-order valence-corrected chi connectivity index (χ0v) is 10.7. The Bertz CT molecular complexity index is 675. The van der Waals surface area contributed by atoms with Crippen LogP contribution in [0.2, 0.25) is 0 Å². The van der Waals surface area contributed by atoms with Crippen LogP contribution in [0.4, 0.5) is 13.2 Å². The molecule has 1 aromatic carbocycles. The Hall–Kier alpha value is -2.31. The molecule has 1 N–H and O–H groups in total. The van der Waals surface area contributed by atoms with Crippen LogP contribution in [0, 0.1) is 6.92 Å². The highest BCUT2D eigenvalue weighted by molar-refractivity contribution is 5.96. The predicted molar refractivity (Wildman–Crippen MR) is 65.3 cm³/mol. The van der Waals surface area contributed by atoms with E-state index >= 15 is 0 Å². The van der Waals surface area contributed by atoms with Crippen molar-refractivity contribution in [2.45, 2.75) is 13.1 Å². The van der Waals surface area contributed by atoms with Crippen LogP contribution >= 0.6 is 0 Å². The van der Waals surface area contributed by atoms with Crippen molar-refractivity contribution in [3.8, 4) is 11.3 Å². The zero-order chi connectivity index (χ0) is 15.1. The zero-order valence-electron chi connectivity index (χ0n) is 10.7. The van der Waals surface area contributed by atoms with Crippen molar-refractivity contribution >= 4 is 5.97 Å². The van der Waals surface area contributed by atoms with Gasteiger partial charge in [-0.05, 0) is 19.1 Å². The average Bonchev–Trinajstić information content (AvgIpc) is 2.63. The van der Waals surface area contributed by atoms with E-state index < -0.39 is 17.7 Å². The summed E-state index contributed by atoms with van der Waals surface area (Å²) in [5.74, 6) is -1.22. The minimum atomic E-state index is -4.48. The third kappa shape index (κ3) is 2.38. The van der Waals surface area contributed by atoms with Crippen LogP contribution in [-0.2, 0) is 13.2 Å². The summed E-state index contributed by atoms with van der Waals surface area (Å²) in [5, 5.41) is 13.1. The van der Waals surface area contributed by atoms with E-state index in [4.69, 9.17) is 0 Å². The summed E-state index contributed by atoms with van der Waals surface area (Å²) in [7, 11) is 1.50. The fourth-order valence-electron chi connectivity index (χ4n) is 2.09. The molecule has 0 amide bonds. The number of hydrogen-bond acceptors (Lipinski definition) is 2. The Morgan fingerprint density at radius 1 is 1.35 bits per heavy atom. The van der Waals surface area contributed by atoms with Crippen LogP contribution in [0.1, 0.15) is 21.6 Å². The van der Waals surface area contributed by atoms with Crippen LogP contribution < -0.4 is 0 Å². The lowest BCUT2D eigenvalue weighted by Gasteiger charge is -2.09. The Morgan fingerprint density at radius 2 is 2.00 bits per heavy atom. The SMILES string of the molecule is Cc1nn(C)c(-c2cccc(C(F)(F)F)c2)c1C(=O)O. The molecule has 0 atom stereocenters. The van der Waals surface area contributed by atoms with Crippen LogP contribution in [0.5, 0.6) is 0 Å². The van der Waals surface area contributed by atoms with Gasteiger partial charge in [0.15, 0.2) is 0 Å². The summed E-state index contributed by atoms with van der Waals surface area (Å²) >= 11 is 0. The number of carbonyl (C=O) groups is 1. The number of benzene rings is 1. The number of alkyl halides is 3. The van der Waals surface area contributed by atoms with Crippen molar-refractivity contribution in [1.29, 1.82) is 0 Å². The molecule has 4 nitrogen and oxygen atoms in total. The van der Waals surface area contributed by atoms with Gasteiger partial charge in [-0.15, -0.1) is 0 Å². The number of rotatable bonds is 2. The maximum atomic E-state index is 12.7. The summed E-state index contributed by atoms with van der Waals surface area (Å²) in [6, 6.07) is 4.53. The summed E-state index contributed by atoms with van der Waals surface area (Å²) in [5.41, 5.74) is -0.342. The number of carboxylic acids is 1. The lowest BCUT2D eigenvalue weighted by Crippen LogP contribution is -2.06. The number of aromatic nitrogens is 2. The minimum Gasteiger partial charge on any atom is -0.478 e. The maximum Gasteiger partial charge on any atom is 0.416 e. The van der Waals surface area contributed by atoms with E-state index in [9.17, 15) is 23.1 Å². The van der Waals surface area contributed by atoms with Crippen molar-refractivity contribution in [1.82, 2.24) is 9.78 Å². The lowest BCUT2D eigenvalue weighted by molar-refractivity contribution is -0.137.